The molecule has 6 heteroatoms. The molecule has 0 unspecified atom stereocenters. The molecule has 5 nitrogen and oxygen atoms in total. The zero-order chi connectivity index (χ0) is 9.02. The maximum absolute atomic E-state index is 10.7. The third-order valence-electron chi connectivity index (χ3n) is 1.49. The minimum absolute atomic E-state index is 0. The van der Waals surface area contributed by atoms with E-state index in [0.717, 1.165) is 0 Å². The number of halogens is 1. The summed E-state index contributed by atoms with van der Waals surface area (Å²) in [5.74, 6) is -2.34. The summed E-state index contributed by atoms with van der Waals surface area (Å²) < 4.78 is 4.34. The molecule has 0 saturated heterocycles. The summed E-state index contributed by atoms with van der Waals surface area (Å²) in [5, 5.41) is 8.43. The smallest absolute Gasteiger partial charge is 0.363 e. The Balaban J connectivity index is 0. The van der Waals surface area contributed by atoms with Gasteiger partial charge in [0.05, 0.1) is 7.11 Å². The largest absolute Gasteiger partial charge is 1.00 e. The summed E-state index contributed by atoms with van der Waals surface area (Å²) in [5.41, 5.74) is 3.31. The van der Waals surface area contributed by atoms with E-state index in [0.29, 0.717) is 0 Å². The summed E-state index contributed by atoms with van der Waals surface area (Å²) in [4.78, 5) is 21.0. The van der Waals surface area contributed by atoms with E-state index in [1.807, 2.05) is 0 Å². The van der Waals surface area contributed by atoms with Crippen molar-refractivity contribution in [1.29, 1.82) is 0 Å². The second-order valence-corrected chi connectivity index (χ2v) is 2.26. The Morgan fingerprint density at radius 3 is 2.17 bits per heavy atom. The van der Waals surface area contributed by atoms with Gasteiger partial charge in [0.15, 0.2) is 6.04 Å². The lowest BCUT2D eigenvalue weighted by molar-refractivity contribution is -0.416. The molecule has 72 valence electrons. The highest BCUT2D eigenvalue weighted by Gasteiger charge is 2.30. The number of aliphatic carboxylic acids is 1. The van der Waals surface area contributed by atoms with E-state index in [1.165, 1.54) is 14.0 Å². The van der Waals surface area contributed by atoms with Crippen LogP contribution in [0.3, 0.4) is 0 Å². The van der Waals surface area contributed by atoms with Crippen LogP contribution in [0, 0.1) is 5.92 Å². The van der Waals surface area contributed by atoms with E-state index >= 15 is 0 Å². The highest BCUT2D eigenvalue weighted by Crippen LogP contribution is 2.00. The van der Waals surface area contributed by atoms with Crippen LogP contribution in [0.15, 0.2) is 0 Å². The van der Waals surface area contributed by atoms with Gasteiger partial charge in [-0.2, -0.15) is 0 Å². The fourth-order valence-electron chi connectivity index (χ4n) is 0.564. The first-order valence-electron chi connectivity index (χ1n) is 3.14. The number of carbonyl (C=O) groups excluding carboxylic acids is 1. The maximum Gasteiger partial charge on any atom is 0.363 e. The predicted octanol–water partition coefficient (Wildman–Crippen LogP) is -4.51. The predicted molar refractivity (Wildman–Crippen MR) is 35.5 cm³/mol. The average molecular weight is 198 g/mol. The van der Waals surface area contributed by atoms with Crippen molar-refractivity contribution in [3.05, 3.63) is 0 Å². The molecule has 0 aliphatic heterocycles. The molecule has 0 radical (unpaired) electrons. The van der Waals surface area contributed by atoms with Gasteiger partial charge in [-0.25, -0.2) is 4.79 Å². The van der Waals surface area contributed by atoms with Crippen LogP contribution in [0.2, 0.25) is 0 Å². The average Bonchev–Trinajstić information content (AvgIpc) is 2.00. The first-order valence-corrected chi connectivity index (χ1v) is 3.14. The lowest BCUT2D eigenvalue weighted by atomic mass is 10.0. The zero-order valence-corrected chi connectivity index (χ0v) is 7.67. The number of carboxylic acid groups (broad SMARTS) is 1. The highest BCUT2D eigenvalue weighted by molar-refractivity contribution is 5.81. The molecule has 0 heterocycles. The van der Waals surface area contributed by atoms with Crippen molar-refractivity contribution in [2.24, 2.45) is 5.92 Å². The molecule has 0 aliphatic rings. The van der Waals surface area contributed by atoms with Gasteiger partial charge in [-0.1, -0.05) is 0 Å². The van der Waals surface area contributed by atoms with Crippen molar-refractivity contribution < 1.29 is 37.6 Å². The van der Waals surface area contributed by atoms with Crippen LogP contribution in [-0.2, 0) is 14.3 Å². The minimum Gasteiger partial charge on any atom is -1.00 e. The first-order chi connectivity index (χ1) is 5.00. The topological polar surface area (TPSA) is 91.2 Å². The van der Waals surface area contributed by atoms with Crippen molar-refractivity contribution in [1.82, 2.24) is 0 Å². The first kappa shape index (κ1) is 13.8. The third-order valence-corrected chi connectivity index (χ3v) is 1.49. The van der Waals surface area contributed by atoms with E-state index in [4.69, 9.17) is 5.11 Å². The number of hydrogen-bond donors (Lipinski definition) is 2. The van der Waals surface area contributed by atoms with E-state index < -0.39 is 23.9 Å². The molecule has 0 aromatic heterocycles. The Morgan fingerprint density at radius 2 is 1.92 bits per heavy atom. The molecule has 4 N–H and O–H groups in total. The molecular formula is C6H12ClNO4. The quantitative estimate of drug-likeness (QED) is 0.446. The van der Waals surface area contributed by atoms with Crippen molar-refractivity contribution >= 4 is 11.9 Å². The minimum atomic E-state index is -1.09. The molecule has 0 fully saturated rings. The summed E-state index contributed by atoms with van der Waals surface area (Å²) in [6.07, 6.45) is 0. The monoisotopic (exact) mass is 197 g/mol. The SMILES string of the molecule is COC(=O)[C@H](C)[C@H]([NH3+])C(=O)O.[Cl-]. The van der Waals surface area contributed by atoms with Crippen LogP contribution in [0.5, 0.6) is 0 Å². The fourth-order valence-corrected chi connectivity index (χ4v) is 0.564. The lowest BCUT2D eigenvalue weighted by Gasteiger charge is -2.09. The van der Waals surface area contributed by atoms with E-state index in [9.17, 15) is 9.59 Å². The molecule has 0 amide bonds. The molecule has 0 spiro atoms. The molecule has 0 bridgehead atoms. The van der Waals surface area contributed by atoms with Crippen LogP contribution in [0.4, 0.5) is 0 Å². The van der Waals surface area contributed by atoms with Crippen LogP contribution < -0.4 is 18.1 Å². The van der Waals surface area contributed by atoms with Gasteiger partial charge in [-0.15, -0.1) is 0 Å². The number of methoxy groups -OCH3 is 1. The highest BCUT2D eigenvalue weighted by atomic mass is 35.5. The van der Waals surface area contributed by atoms with Crippen LogP contribution in [-0.4, -0.2) is 30.2 Å². The molecular weight excluding hydrogens is 186 g/mol. The van der Waals surface area contributed by atoms with Gasteiger partial charge in [0.2, 0.25) is 0 Å². The summed E-state index contributed by atoms with van der Waals surface area (Å²) in [6, 6.07) is -0.942. The van der Waals surface area contributed by atoms with Gasteiger partial charge in [-0.05, 0) is 6.92 Å². The molecule has 12 heavy (non-hydrogen) atoms. The Bertz CT molecular complexity index is 173. The number of hydrogen-bond acceptors (Lipinski definition) is 3. The summed E-state index contributed by atoms with van der Waals surface area (Å²) in [6.45, 7) is 1.47. The standard InChI is InChI=1S/C6H11NO4.ClH/c1-3(6(10)11-2)4(7)5(8)9;/h3-4H,7H2,1-2H3,(H,8,9);1H/t3-,4+;/m1./s1. The Kier molecular flexibility index (Phi) is 6.64. The second-order valence-electron chi connectivity index (χ2n) is 2.26. The maximum atomic E-state index is 10.7. The Morgan fingerprint density at radius 1 is 1.50 bits per heavy atom. The Hall–Kier alpha value is -0.810. The molecule has 0 aliphatic carbocycles. The van der Waals surface area contributed by atoms with Gasteiger partial charge in [0.25, 0.3) is 0 Å². The normalized spacial score (nSPS) is 13.9. The van der Waals surface area contributed by atoms with Gasteiger partial charge in [0.1, 0.15) is 5.92 Å². The molecule has 2 atom stereocenters. The number of rotatable bonds is 3. The van der Waals surface area contributed by atoms with E-state index in [-0.39, 0.29) is 12.4 Å². The van der Waals surface area contributed by atoms with Crippen molar-refractivity contribution in [3.63, 3.8) is 0 Å². The van der Waals surface area contributed by atoms with Crippen molar-refractivity contribution in [2.75, 3.05) is 7.11 Å². The third kappa shape index (κ3) is 3.54. The van der Waals surface area contributed by atoms with Gasteiger partial charge in [-0.3, -0.25) is 4.79 Å². The van der Waals surface area contributed by atoms with Crippen molar-refractivity contribution in [3.8, 4) is 0 Å². The van der Waals surface area contributed by atoms with Gasteiger partial charge >= 0.3 is 11.9 Å². The number of quaternary nitrogens is 1. The van der Waals surface area contributed by atoms with Gasteiger partial charge in [0, 0.05) is 0 Å². The van der Waals surface area contributed by atoms with Crippen LogP contribution in [0.25, 0.3) is 0 Å². The second kappa shape index (κ2) is 5.79. The fraction of sp³-hybridized carbons (Fsp3) is 0.667. The molecule has 0 aromatic rings. The lowest BCUT2D eigenvalue weighted by Crippen LogP contribution is -3.00. The van der Waals surface area contributed by atoms with Crippen molar-refractivity contribution in [2.45, 2.75) is 13.0 Å². The molecule has 0 aromatic carbocycles. The number of ether oxygens (including phenoxy) is 1. The van der Waals surface area contributed by atoms with Gasteiger partial charge < -0.3 is 28.0 Å². The van der Waals surface area contributed by atoms with E-state index in [2.05, 4.69) is 10.5 Å². The number of carbonyl (C=O) groups is 2. The molecule has 0 saturated carbocycles. The summed E-state index contributed by atoms with van der Waals surface area (Å²) in [7, 11) is 1.22. The molecule has 0 rings (SSSR count). The van der Waals surface area contributed by atoms with Crippen LogP contribution in [0.1, 0.15) is 6.92 Å². The Labute approximate surface area is 76.3 Å². The number of esters is 1. The summed E-state index contributed by atoms with van der Waals surface area (Å²) >= 11 is 0. The van der Waals surface area contributed by atoms with E-state index in [1.54, 1.807) is 0 Å². The number of carboxylic acids is 1. The van der Waals surface area contributed by atoms with Crippen LogP contribution >= 0.6 is 0 Å². The zero-order valence-electron chi connectivity index (χ0n) is 6.91.